The fourth-order valence-corrected chi connectivity index (χ4v) is 3.81. The number of fused-ring (bicyclic) bond motifs is 1. The first-order valence-electron chi connectivity index (χ1n) is 10.3. The summed E-state index contributed by atoms with van der Waals surface area (Å²) in [6.45, 7) is 6.45. The highest BCUT2D eigenvalue weighted by molar-refractivity contribution is 5.79. The van der Waals surface area contributed by atoms with Crippen LogP contribution in [0.2, 0.25) is 0 Å². The Hall–Kier alpha value is -1.75. The maximum Gasteiger partial charge on any atom is 0.190 e. The molecule has 2 aliphatic rings. The van der Waals surface area contributed by atoms with Crippen molar-refractivity contribution in [1.29, 1.82) is 0 Å². The van der Waals surface area contributed by atoms with Crippen LogP contribution < -0.4 is 15.4 Å². The van der Waals surface area contributed by atoms with Crippen LogP contribution in [0.5, 0.6) is 5.75 Å². The fraction of sp³-hybridized carbons (Fsp3) is 0.667. The normalized spacial score (nSPS) is 18.1. The van der Waals surface area contributed by atoms with Gasteiger partial charge in [-0.2, -0.15) is 0 Å². The molecule has 1 fully saturated rings. The molecular weight excluding hydrogens is 324 g/mol. The van der Waals surface area contributed by atoms with Gasteiger partial charge in [-0.05, 0) is 62.5 Å². The molecule has 0 aliphatic carbocycles. The summed E-state index contributed by atoms with van der Waals surface area (Å²) in [6.07, 6.45) is 8.76. The van der Waals surface area contributed by atoms with Crippen LogP contribution in [-0.2, 0) is 12.8 Å². The van der Waals surface area contributed by atoms with Crippen molar-refractivity contribution in [2.45, 2.75) is 44.9 Å². The second-order valence-corrected chi connectivity index (χ2v) is 7.33. The Bertz CT molecular complexity index is 579. The average molecular weight is 359 g/mol. The van der Waals surface area contributed by atoms with Crippen LogP contribution in [0.15, 0.2) is 23.2 Å². The maximum atomic E-state index is 5.57. The van der Waals surface area contributed by atoms with Crippen molar-refractivity contribution in [3.8, 4) is 5.75 Å². The molecule has 0 radical (unpaired) electrons. The third-order valence-corrected chi connectivity index (χ3v) is 5.33. The lowest BCUT2D eigenvalue weighted by molar-refractivity contribution is 0.282. The zero-order valence-corrected chi connectivity index (χ0v) is 16.2. The van der Waals surface area contributed by atoms with Crippen molar-refractivity contribution in [1.82, 2.24) is 15.5 Å². The summed E-state index contributed by atoms with van der Waals surface area (Å²) in [5, 5.41) is 6.87. The van der Waals surface area contributed by atoms with E-state index >= 15 is 0 Å². The van der Waals surface area contributed by atoms with Gasteiger partial charge in [0.05, 0.1) is 6.61 Å². The molecule has 2 heterocycles. The number of nitrogens with zero attached hydrogens (tertiary/aromatic N) is 2. The molecule has 0 amide bonds. The summed E-state index contributed by atoms with van der Waals surface area (Å²) >= 11 is 0. The van der Waals surface area contributed by atoms with Crippen LogP contribution in [0, 0.1) is 0 Å². The Kier molecular flexibility index (Phi) is 7.62. The summed E-state index contributed by atoms with van der Waals surface area (Å²) in [4.78, 5) is 6.95. The van der Waals surface area contributed by atoms with Crippen molar-refractivity contribution in [2.24, 2.45) is 4.99 Å². The quantitative estimate of drug-likeness (QED) is 0.447. The van der Waals surface area contributed by atoms with Crippen LogP contribution in [0.3, 0.4) is 0 Å². The van der Waals surface area contributed by atoms with E-state index in [0.29, 0.717) is 0 Å². The second-order valence-electron chi connectivity index (χ2n) is 7.33. The SMILES string of the molecule is CN=C(NCCCN1CCCCCC1)NCCc1ccc2c(c1)CCO2. The molecule has 0 atom stereocenters. The lowest BCUT2D eigenvalue weighted by Crippen LogP contribution is -2.39. The zero-order chi connectivity index (χ0) is 18.0. The standard InChI is InChI=1S/C21H34N4O/c1-22-21(23-11-6-15-25-13-4-2-3-5-14-25)24-12-9-18-7-8-20-19(17-18)10-16-26-20/h7-8,17H,2-6,9-16H2,1H3,(H2,22,23,24). The predicted molar refractivity (Wildman–Crippen MR) is 108 cm³/mol. The van der Waals surface area contributed by atoms with Gasteiger partial charge in [0.25, 0.3) is 0 Å². The van der Waals surface area contributed by atoms with Crippen LogP contribution in [0.1, 0.15) is 43.2 Å². The molecule has 1 saturated heterocycles. The summed E-state index contributed by atoms with van der Waals surface area (Å²) in [7, 11) is 1.84. The molecule has 2 aliphatic heterocycles. The van der Waals surface area contributed by atoms with Gasteiger partial charge in [0.15, 0.2) is 5.96 Å². The van der Waals surface area contributed by atoms with Crippen LogP contribution in [-0.4, -0.2) is 57.2 Å². The minimum Gasteiger partial charge on any atom is -0.493 e. The van der Waals surface area contributed by atoms with Crippen molar-refractivity contribution in [2.75, 3.05) is 46.4 Å². The number of likely N-dealkylation sites (tertiary alicyclic amines) is 1. The smallest absolute Gasteiger partial charge is 0.190 e. The largest absolute Gasteiger partial charge is 0.493 e. The highest BCUT2D eigenvalue weighted by Crippen LogP contribution is 2.25. The first kappa shape index (κ1) is 19.0. The monoisotopic (exact) mass is 358 g/mol. The third kappa shape index (κ3) is 5.90. The van der Waals surface area contributed by atoms with Gasteiger partial charge in [-0.15, -0.1) is 0 Å². The Morgan fingerprint density at radius 2 is 1.92 bits per heavy atom. The lowest BCUT2D eigenvalue weighted by Gasteiger charge is -2.20. The van der Waals surface area contributed by atoms with E-state index in [0.717, 1.165) is 44.2 Å². The summed E-state index contributed by atoms with van der Waals surface area (Å²) in [6, 6.07) is 6.55. The van der Waals surface area contributed by atoms with Crippen LogP contribution in [0.25, 0.3) is 0 Å². The number of guanidine groups is 1. The van der Waals surface area contributed by atoms with Gasteiger partial charge in [0.2, 0.25) is 0 Å². The number of benzene rings is 1. The number of hydrogen-bond donors (Lipinski definition) is 2. The Morgan fingerprint density at radius 3 is 2.73 bits per heavy atom. The molecule has 0 bridgehead atoms. The maximum absolute atomic E-state index is 5.57. The molecule has 1 aromatic carbocycles. The first-order chi connectivity index (χ1) is 12.8. The van der Waals surface area contributed by atoms with E-state index in [9.17, 15) is 0 Å². The highest BCUT2D eigenvalue weighted by atomic mass is 16.5. The Balaban J connectivity index is 1.30. The third-order valence-electron chi connectivity index (χ3n) is 5.33. The van der Waals surface area contributed by atoms with Gasteiger partial charge >= 0.3 is 0 Å². The van der Waals surface area contributed by atoms with E-state index < -0.39 is 0 Å². The van der Waals surface area contributed by atoms with Gasteiger partial charge in [-0.3, -0.25) is 4.99 Å². The molecule has 1 aromatic rings. The van der Waals surface area contributed by atoms with Crippen molar-refractivity contribution >= 4 is 5.96 Å². The fourth-order valence-electron chi connectivity index (χ4n) is 3.81. The number of aliphatic imine (C=N–C) groups is 1. The summed E-state index contributed by atoms with van der Waals surface area (Å²) < 4.78 is 5.57. The molecule has 0 saturated carbocycles. The van der Waals surface area contributed by atoms with E-state index in [1.165, 1.54) is 62.9 Å². The number of nitrogens with one attached hydrogen (secondary N) is 2. The number of rotatable bonds is 7. The summed E-state index contributed by atoms with van der Waals surface area (Å²) in [5.41, 5.74) is 2.71. The second kappa shape index (κ2) is 10.4. The van der Waals surface area contributed by atoms with E-state index in [4.69, 9.17) is 4.74 Å². The van der Waals surface area contributed by atoms with E-state index in [-0.39, 0.29) is 0 Å². The number of hydrogen-bond acceptors (Lipinski definition) is 3. The van der Waals surface area contributed by atoms with Crippen molar-refractivity contribution in [3.63, 3.8) is 0 Å². The van der Waals surface area contributed by atoms with E-state index in [1.54, 1.807) is 0 Å². The molecule has 5 nitrogen and oxygen atoms in total. The molecule has 3 rings (SSSR count). The Morgan fingerprint density at radius 1 is 1.12 bits per heavy atom. The predicted octanol–water partition coefficient (Wildman–Crippen LogP) is 2.60. The minimum atomic E-state index is 0.824. The molecule has 0 unspecified atom stereocenters. The van der Waals surface area contributed by atoms with Gasteiger partial charge in [0.1, 0.15) is 5.75 Å². The molecule has 144 valence electrons. The average Bonchev–Trinajstić information content (AvgIpc) is 2.97. The zero-order valence-electron chi connectivity index (χ0n) is 16.2. The topological polar surface area (TPSA) is 48.9 Å². The highest BCUT2D eigenvalue weighted by Gasteiger charge is 2.12. The molecular formula is C21H34N4O. The Labute approximate surface area is 158 Å². The molecule has 2 N–H and O–H groups in total. The van der Waals surface area contributed by atoms with Crippen molar-refractivity contribution < 1.29 is 4.74 Å². The van der Waals surface area contributed by atoms with Crippen LogP contribution >= 0.6 is 0 Å². The molecule has 5 heteroatoms. The van der Waals surface area contributed by atoms with E-state index in [2.05, 4.69) is 38.7 Å². The van der Waals surface area contributed by atoms with Gasteiger partial charge in [0, 0.05) is 26.6 Å². The first-order valence-corrected chi connectivity index (χ1v) is 10.3. The molecule has 0 spiro atoms. The van der Waals surface area contributed by atoms with Crippen molar-refractivity contribution in [3.05, 3.63) is 29.3 Å². The van der Waals surface area contributed by atoms with Gasteiger partial charge < -0.3 is 20.3 Å². The lowest BCUT2D eigenvalue weighted by atomic mass is 10.1. The summed E-state index contributed by atoms with van der Waals surface area (Å²) in [5.74, 6) is 1.97. The van der Waals surface area contributed by atoms with Crippen LogP contribution in [0.4, 0.5) is 0 Å². The molecule has 0 aromatic heterocycles. The van der Waals surface area contributed by atoms with Gasteiger partial charge in [-0.1, -0.05) is 25.0 Å². The van der Waals surface area contributed by atoms with Gasteiger partial charge in [-0.25, -0.2) is 0 Å². The minimum absolute atomic E-state index is 0.824. The van der Waals surface area contributed by atoms with E-state index in [1.807, 2.05) is 7.05 Å². The molecule has 26 heavy (non-hydrogen) atoms. The number of ether oxygens (including phenoxy) is 1.